The molecule has 15 heavy (non-hydrogen) atoms. The number of ether oxygens (including phenoxy) is 1. The molecule has 0 unspecified atom stereocenters. The number of hydrogen-bond donors (Lipinski definition) is 1. The molecule has 80 valence electrons. The molecule has 0 bridgehead atoms. The molecular weight excluding hydrogens is 193 g/mol. The zero-order valence-corrected chi connectivity index (χ0v) is 8.55. The third-order valence-corrected chi connectivity index (χ3v) is 3.51. The first-order chi connectivity index (χ1) is 7.32. The first-order valence-corrected chi connectivity index (χ1v) is 5.44. The van der Waals surface area contributed by atoms with E-state index < -0.39 is 0 Å². The van der Waals surface area contributed by atoms with Crippen LogP contribution in [0, 0.1) is 5.82 Å². The molecule has 0 aliphatic carbocycles. The summed E-state index contributed by atoms with van der Waals surface area (Å²) in [6, 6.07) is 5.31. The average molecular weight is 207 g/mol. The fourth-order valence-corrected chi connectivity index (χ4v) is 2.66. The van der Waals surface area contributed by atoms with Gasteiger partial charge in [0.05, 0.1) is 12.2 Å². The van der Waals surface area contributed by atoms with Gasteiger partial charge in [-0.1, -0.05) is 12.1 Å². The predicted octanol–water partition coefficient (Wildman–Crippen LogP) is 1.93. The molecule has 3 heteroatoms. The summed E-state index contributed by atoms with van der Waals surface area (Å²) in [5, 5.41) is 3.31. The molecule has 0 atom stereocenters. The third kappa shape index (κ3) is 1.30. The van der Waals surface area contributed by atoms with Gasteiger partial charge in [0.15, 0.2) is 0 Å². The van der Waals surface area contributed by atoms with Crippen LogP contribution in [-0.4, -0.2) is 13.1 Å². The number of benzene rings is 1. The van der Waals surface area contributed by atoms with E-state index in [2.05, 4.69) is 5.32 Å². The molecule has 1 aromatic carbocycles. The number of rotatable bonds is 0. The van der Waals surface area contributed by atoms with Crippen molar-refractivity contribution in [3.63, 3.8) is 0 Å². The van der Waals surface area contributed by atoms with Crippen molar-refractivity contribution in [2.75, 3.05) is 13.1 Å². The Hall–Kier alpha value is -0.930. The maximum absolute atomic E-state index is 13.5. The summed E-state index contributed by atoms with van der Waals surface area (Å²) in [7, 11) is 0. The van der Waals surface area contributed by atoms with Crippen LogP contribution in [0.25, 0.3) is 0 Å². The SMILES string of the molecule is Fc1cccc2c1COC21CCNCC1. The maximum Gasteiger partial charge on any atom is 0.129 e. The number of hydrogen-bond acceptors (Lipinski definition) is 2. The number of fused-ring (bicyclic) bond motifs is 2. The topological polar surface area (TPSA) is 21.3 Å². The van der Waals surface area contributed by atoms with Crippen molar-refractivity contribution in [2.24, 2.45) is 0 Å². The van der Waals surface area contributed by atoms with Crippen LogP contribution >= 0.6 is 0 Å². The molecule has 2 aliphatic heterocycles. The molecule has 2 aliphatic rings. The van der Waals surface area contributed by atoms with E-state index in [1.807, 2.05) is 6.07 Å². The van der Waals surface area contributed by atoms with Gasteiger partial charge in [0.1, 0.15) is 5.82 Å². The van der Waals surface area contributed by atoms with Gasteiger partial charge in [-0.2, -0.15) is 0 Å². The highest BCUT2D eigenvalue weighted by atomic mass is 19.1. The predicted molar refractivity (Wildman–Crippen MR) is 55.0 cm³/mol. The second-order valence-electron chi connectivity index (χ2n) is 4.30. The van der Waals surface area contributed by atoms with Gasteiger partial charge in [0, 0.05) is 5.56 Å². The minimum Gasteiger partial charge on any atom is -0.365 e. The largest absolute Gasteiger partial charge is 0.365 e. The molecule has 1 aromatic rings. The Labute approximate surface area is 88.4 Å². The normalized spacial score (nSPS) is 23.0. The molecular formula is C12H14FNO. The highest BCUT2D eigenvalue weighted by molar-refractivity contribution is 5.37. The van der Waals surface area contributed by atoms with Crippen molar-refractivity contribution >= 4 is 0 Å². The Bertz CT molecular complexity index is 385. The molecule has 1 N–H and O–H groups in total. The molecule has 0 saturated carbocycles. The van der Waals surface area contributed by atoms with Crippen LogP contribution < -0.4 is 5.32 Å². The Morgan fingerprint density at radius 3 is 2.87 bits per heavy atom. The summed E-state index contributed by atoms with van der Waals surface area (Å²) in [5.41, 5.74) is 1.63. The zero-order chi connectivity index (χ0) is 10.3. The fraction of sp³-hybridized carbons (Fsp3) is 0.500. The van der Waals surface area contributed by atoms with Crippen LogP contribution in [0.4, 0.5) is 4.39 Å². The smallest absolute Gasteiger partial charge is 0.129 e. The van der Waals surface area contributed by atoms with Gasteiger partial charge >= 0.3 is 0 Å². The quantitative estimate of drug-likeness (QED) is 0.702. The molecule has 1 spiro atoms. The first kappa shape index (κ1) is 9.31. The van der Waals surface area contributed by atoms with Crippen molar-refractivity contribution in [3.05, 3.63) is 35.1 Å². The number of halogens is 1. The highest BCUT2D eigenvalue weighted by Crippen LogP contribution is 2.43. The van der Waals surface area contributed by atoms with E-state index in [4.69, 9.17) is 4.74 Å². The van der Waals surface area contributed by atoms with Crippen molar-refractivity contribution in [3.8, 4) is 0 Å². The Balaban J connectivity index is 2.06. The second-order valence-corrected chi connectivity index (χ2v) is 4.30. The van der Waals surface area contributed by atoms with E-state index >= 15 is 0 Å². The number of nitrogens with one attached hydrogen (secondary N) is 1. The highest BCUT2D eigenvalue weighted by Gasteiger charge is 2.41. The summed E-state index contributed by atoms with van der Waals surface area (Å²) in [6.07, 6.45) is 1.90. The van der Waals surface area contributed by atoms with E-state index in [9.17, 15) is 4.39 Å². The van der Waals surface area contributed by atoms with E-state index in [0.29, 0.717) is 6.61 Å². The molecule has 0 aromatic heterocycles. The number of piperidine rings is 1. The molecule has 0 radical (unpaired) electrons. The van der Waals surface area contributed by atoms with Crippen LogP contribution in [0.5, 0.6) is 0 Å². The van der Waals surface area contributed by atoms with Gasteiger partial charge < -0.3 is 10.1 Å². The summed E-state index contributed by atoms with van der Waals surface area (Å²) >= 11 is 0. The van der Waals surface area contributed by atoms with Crippen molar-refractivity contribution < 1.29 is 9.13 Å². The van der Waals surface area contributed by atoms with Crippen LogP contribution in [0.15, 0.2) is 18.2 Å². The lowest BCUT2D eigenvalue weighted by Crippen LogP contribution is -2.39. The summed E-state index contributed by atoms with van der Waals surface area (Å²) in [6.45, 7) is 2.34. The van der Waals surface area contributed by atoms with Crippen molar-refractivity contribution in [2.45, 2.75) is 25.0 Å². The van der Waals surface area contributed by atoms with E-state index in [0.717, 1.165) is 37.1 Å². The minimum atomic E-state index is -0.206. The van der Waals surface area contributed by atoms with Crippen LogP contribution in [0.3, 0.4) is 0 Å². The van der Waals surface area contributed by atoms with Crippen LogP contribution in [0.2, 0.25) is 0 Å². The third-order valence-electron chi connectivity index (χ3n) is 3.51. The minimum absolute atomic E-state index is 0.122. The summed E-state index contributed by atoms with van der Waals surface area (Å²) in [5.74, 6) is -0.122. The molecule has 0 amide bonds. The molecule has 3 rings (SSSR count). The first-order valence-electron chi connectivity index (χ1n) is 5.44. The lowest BCUT2D eigenvalue weighted by molar-refractivity contribution is -0.0592. The van der Waals surface area contributed by atoms with Crippen LogP contribution in [0.1, 0.15) is 24.0 Å². The van der Waals surface area contributed by atoms with Crippen molar-refractivity contribution in [1.29, 1.82) is 0 Å². The van der Waals surface area contributed by atoms with Gasteiger partial charge in [0.25, 0.3) is 0 Å². The van der Waals surface area contributed by atoms with Gasteiger partial charge in [0.2, 0.25) is 0 Å². The standard InChI is InChI=1S/C12H14FNO/c13-11-3-1-2-10-9(11)8-15-12(10)4-6-14-7-5-12/h1-3,14H,4-8H2. The van der Waals surface area contributed by atoms with Gasteiger partial charge in [-0.05, 0) is 37.6 Å². The lowest BCUT2D eigenvalue weighted by Gasteiger charge is -2.33. The zero-order valence-electron chi connectivity index (χ0n) is 8.55. The van der Waals surface area contributed by atoms with E-state index in [1.54, 1.807) is 6.07 Å². The van der Waals surface area contributed by atoms with Crippen LogP contribution in [-0.2, 0) is 16.9 Å². The second kappa shape index (κ2) is 3.29. The summed E-state index contributed by atoms with van der Waals surface area (Å²) < 4.78 is 19.4. The summed E-state index contributed by atoms with van der Waals surface area (Å²) in [4.78, 5) is 0. The maximum atomic E-state index is 13.5. The molecule has 2 heterocycles. The molecule has 1 saturated heterocycles. The van der Waals surface area contributed by atoms with Gasteiger partial charge in [-0.25, -0.2) is 4.39 Å². The van der Waals surface area contributed by atoms with Gasteiger partial charge in [-0.3, -0.25) is 0 Å². The Kier molecular flexibility index (Phi) is 2.04. The van der Waals surface area contributed by atoms with E-state index in [-0.39, 0.29) is 11.4 Å². The average Bonchev–Trinajstić information content (AvgIpc) is 2.61. The molecule has 1 fully saturated rings. The van der Waals surface area contributed by atoms with Gasteiger partial charge in [-0.15, -0.1) is 0 Å². The molecule has 2 nitrogen and oxygen atoms in total. The lowest BCUT2D eigenvalue weighted by atomic mass is 9.84. The Morgan fingerprint density at radius 1 is 1.27 bits per heavy atom. The monoisotopic (exact) mass is 207 g/mol. The van der Waals surface area contributed by atoms with Crippen molar-refractivity contribution in [1.82, 2.24) is 5.32 Å². The fourth-order valence-electron chi connectivity index (χ4n) is 2.66. The Morgan fingerprint density at radius 2 is 2.07 bits per heavy atom. The van der Waals surface area contributed by atoms with E-state index in [1.165, 1.54) is 6.07 Å².